The van der Waals surface area contributed by atoms with E-state index in [4.69, 9.17) is 10.7 Å². The number of allylic oxidation sites excluding steroid dienone is 3. The summed E-state index contributed by atoms with van der Waals surface area (Å²) in [6.07, 6.45) is 4.81. The highest BCUT2D eigenvalue weighted by atomic mass is 15.2. The summed E-state index contributed by atoms with van der Waals surface area (Å²) in [6, 6.07) is 6.33. The molecule has 1 aromatic carbocycles. The molecule has 0 atom stereocenters. The van der Waals surface area contributed by atoms with E-state index in [2.05, 4.69) is 35.0 Å². The number of benzene rings is 1. The van der Waals surface area contributed by atoms with Crippen LogP contribution < -0.4 is 15.5 Å². The van der Waals surface area contributed by atoms with Crippen LogP contribution in [0.4, 0.5) is 17.1 Å². The molecule has 0 aromatic heterocycles. The van der Waals surface area contributed by atoms with Crippen molar-refractivity contribution in [1.82, 2.24) is 0 Å². The number of anilines is 2. The number of rotatable bonds is 1. The quantitative estimate of drug-likeness (QED) is 0.837. The lowest BCUT2D eigenvalue weighted by atomic mass is 10.0. The first-order valence-electron chi connectivity index (χ1n) is 6.36. The van der Waals surface area contributed by atoms with E-state index in [0.717, 1.165) is 34.9 Å². The van der Waals surface area contributed by atoms with Crippen LogP contribution in [-0.2, 0) is 0 Å². The summed E-state index contributed by atoms with van der Waals surface area (Å²) in [5, 5.41) is 0. The van der Waals surface area contributed by atoms with Gasteiger partial charge in [-0.05, 0) is 24.3 Å². The molecule has 1 aliphatic heterocycles. The largest absolute Gasteiger partial charge is 0.399 e. The van der Waals surface area contributed by atoms with Crippen molar-refractivity contribution in [2.24, 2.45) is 10.7 Å². The molecule has 0 unspecified atom stereocenters. The molecule has 0 spiro atoms. The first-order valence-corrected chi connectivity index (χ1v) is 6.36. The fourth-order valence-corrected chi connectivity index (χ4v) is 2.44. The summed E-state index contributed by atoms with van der Waals surface area (Å²) in [5.41, 5.74) is 12.2. The van der Waals surface area contributed by atoms with Gasteiger partial charge in [0.2, 0.25) is 0 Å². The highest BCUT2D eigenvalue weighted by Crippen LogP contribution is 2.39. The van der Waals surface area contributed by atoms with Gasteiger partial charge in [-0.3, -0.25) is 0 Å². The fraction of sp³-hybridized carbons (Fsp3) is 0.267. The molecule has 4 nitrogen and oxygen atoms in total. The maximum Gasteiger partial charge on any atom is 0.0872 e. The number of nitrogens with two attached hydrogens (primary N) is 1. The Morgan fingerprint density at radius 3 is 2.84 bits per heavy atom. The third kappa shape index (κ3) is 1.89. The average Bonchev–Trinajstić information content (AvgIpc) is 2.39. The molecule has 1 heterocycles. The predicted molar refractivity (Wildman–Crippen MR) is 81.2 cm³/mol. The molecule has 2 aliphatic rings. The average molecular weight is 254 g/mol. The van der Waals surface area contributed by atoms with Crippen molar-refractivity contribution in [2.75, 3.05) is 30.9 Å². The minimum Gasteiger partial charge on any atom is -0.399 e. The Labute approximate surface area is 113 Å². The van der Waals surface area contributed by atoms with Crippen LogP contribution in [0.1, 0.15) is 6.42 Å². The van der Waals surface area contributed by atoms with E-state index in [-0.39, 0.29) is 0 Å². The van der Waals surface area contributed by atoms with Crippen LogP contribution >= 0.6 is 0 Å². The topological polar surface area (TPSA) is 44.9 Å². The predicted octanol–water partition coefficient (Wildman–Crippen LogP) is 2.41. The van der Waals surface area contributed by atoms with Gasteiger partial charge in [-0.15, -0.1) is 0 Å². The minimum atomic E-state index is 0.802. The van der Waals surface area contributed by atoms with E-state index in [1.54, 1.807) is 0 Å². The van der Waals surface area contributed by atoms with E-state index >= 15 is 0 Å². The minimum absolute atomic E-state index is 0.802. The lowest BCUT2D eigenvalue weighted by Gasteiger charge is -2.31. The van der Waals surface area contributed by atoms with Gasteiger partial charge in [-0.2, -0.15) is 0 Å². The molecular formula is C15H18N4. The Bertz CT molecular complexity index is 623. The molecule has 0 saturated heterocycles. The lowest BCUT2D eigenvalue weighted by Crippen LogP contribution is -2.28. The van der Waals surface area contributed by atoms with E-state index in [1.165, 1.54) is 5.69 Å². The van der Waals surface area contributed by atoms with Crippen LogP contribution in [-0.4, -0.2) is 26.9 Å². The first-order chi connectivity index (χ1) is 9.06. The molecule has 3 rings (SSSR count). The van der Waals surface area contributed by atoms with E-state index in [0.29, 0.717) is 0 Å². The zero-order chi connectivity index (χ0) is 13.6. The number of fused-ring (bicyclic) bond motifs is 2. The van der Waals surface area contributed by atoms with Gasteiger partial charge in [0.15, 0.2) is 0 Å². The summed E-state index contributed by atoms with van der Waals surface area (Å²) in [7, 11) is 6.15. The Kier molecular flexibility index (Phi) is 2.59. The first kappa shape index (κ1) is 11.8. The van der Waals surface area contributed by atoms with Gasteiger partial charge < -0.3 is 15.5 Å². The molecule has 1 aliphatic carbocycles. The van der Waals surface area contributed by atoms with Crippen LogP contribution in [0.3, 0.4) is 0 Å². The Morgan fingerprint density at radius 2 is 2.11 bits per heavy atom. The zero-order valence-electron chi connectivity index (χ0n) is 11.5. The second kappa shape index (κ2) is 4.16. The second-order valence-corrected chi connectivity index (χ2v) is 5.12. The monoisotopic (exact) mass is 254 g/mol. The van der Waals surface area contributed by atoms with Crippen LogP contribution in [0.25, 0.3) is 0 Å². The third-order valence-electron chi connectivity index (χ3n) is 3.58. The molecule has 2 N–H and O–H groups in total. The molecule has 4 heteroatoms. The second-order valence-electron chi connectivity index (χ2n) is 5.12. The lowest BCUT2D eigenvalue weighted by molar-refractivity contribution is 1.07. The van der Waals surface area contributed by atoms with Crippen molar-refractivity contribution in [3.8, 4) is 0 Å². The van der Waals surface area contributed by atoms with Gasteiger partial charge in [0, 0.05) is 38.9 Å². The van der Waals surface area contributed by atoms with Gasteiger partial charge in [0.05, 0.1) is 22.8 Å². The van der Waals surface area contributed by atoms with Gasteiger partial charge in [-0.25, -0.2) is 4.99 Å². The molecule has 1 aromatic rings. The van der Waals surface area contributed by atoms with Gasteiger partial charge in [0.1, 0.15) is 0 Å². The molecule has 0 radical (unpaired) electrons. The van der Waals surface area contributed by atoms with Crippen molar-refractivity contribution >= 4 is 22.8 Å². The van der Waals surface area contributed by atoms with Crippen molar-refractivity contribution in [2.45, 2.75) is 6.42 Å². The maximum atomic E-state index is 5.90. The van der Waals surface area contributed by atoms with Gasteiger partial charge >= 0.3 is 0 Å². The fourth-order valence-electron chi connectivity index (χ4n) is 2.44. The third-order valence-corrected chi connectivity index (χ3v) is 3.58. The SMILES string of the molecule is CN(C)c1ccc2c(c1)N(C)C1=CC(N)=CCC1=N2. The number of nitrogens with zero attached hydrogens (tertiary/aromatic N) is 3. The van der Waals surface area contributed by atoms with Crippen LogP contribution in [0, 0.1) is 0 Å². The summed E-state index contributed by atoms with van der Waals surface area (Å²) in [6.45, 7) is 0. The Morgan fingerprint density at radius 1 is 1.32 bits per heavy atom. The maximum absolute atomic E-state index is 5.90. The highest BCUT2D eigenvalue weighted by Gasteiger charge is 2.23. The Hall–Kier alpha value is -2.23. The smallest absolute Gasteiger partial charge is 0.0872 e. The summed E-state index contributed by atoms with van der Waals surface area (Å²) in [4.78, 5) is 9.01. The van der Waals surface area contributed by atoms with Crippen LogP contribution in [0.5, 0.6) is 0 Å². The molecule has 19 heavy (non-hydrogen) atoms. The molecule has 0 saturated carbocycles. The standard InChI is InChI=1S/C15H18N4/c1-18(2)11-5-7-13-15(9-11)19(3)14-8-10(16)4-6-12(14)17-13/h4-5,7-9H,6,16H2,1-3H3. The van der Waals surface area contributed by atoms with Gasteiger partial charge in [-0.1, -0.05) is 6.08 Å². The molecule has 0 bridgehead atoms. The van der Waals surface area contributed by atoms with Crippen LogP contribution in [0.2, 0.25) is 0 Å². The summed E-state index contributed by atoms with van der Waals surface area (Å²) < 4.78 is 0. The molecule has 0 amide bonds. The number of hydrogen-bond donors (Lipinski definition) is 1. The van der Waals surface area contributed by atoms with E-state index in [1.807, 2.05) is 26.2 Å². The van der Waals surface area contributed by atoms with E-state index < -0.39 is 0 Å². The molecule has 0 fully saturated rings. The summed E-state index contributed by atoms with van der Waals surface area (Å²) in [5.74, 6) is 0. The van der Waals surface area contributed by atoms with Crippen molar-refractivity contribution in [1.29, 1.82) is 0 Å². The normalized spacial score (nSPS) is 17.0. The van der Waals surface area contributed by atoms with Crippen molar-refractivity contribution in [3.05, 3.63) is 41.7 Å². The number of aliphatic imine (C=N–C) groups is 1. The highest BCUT2D eigenvalue weighted by molar-refractivity contribution is 6.10. The Balaban J connectivity index is 2.12. The summed E-state index contributed by atoms with van der Waals surface area (Å²) >= 11 is 0. The molecular weight excluding hydrogens is 236 g/mol. The zero-order valence-corrected chi connectivity index (χ0v) is 11.5. The van der Waals surface area contributed by atoms with Gasteiger partial charge in [0.25, 0.3) is 0 Å². The molecule has 98 valence electrons. The van der Waals surface area contributed by atoms with Crippen LogP contribution in [0.15, 0.2) is 46.7 Å². The van der Waals surface area contributed by atoms with Crippen molar-refractivity contribution in [3.63, 3.8) is 0 Å². The van der Waals surface area contributed by atoms with E-state index in [9.17, 15) is 0 Å². The number of hydrogen-bond acceptors (Lipinski definition) is 4. The van der Waals surface area contributed by atoms with Crippen molar-refractivity contribution < 1.29 is 0 Å².